The molecule has 8 rings (SSSR count). The lowest BCUT2D eigenvalue weighted by Crippen LogP contribution is -2.28. The molecule has 0 radical (unpaired) electrons. The van der Waals surface area contributed by atoms with Crippen molar-refractivity contribution in [3.8, 4) is 16.8 Å². The van der Waals surface area contributed by atoms with E-state index in [1.165, 1.54) is 70.3 Å². The third kappa shape index (κ3) is 5.79. The maximum absolute atomic E-state index is 3.90. The van der Waals surface area contributed by atoms with E-state index in [0.717, 1.165) is 24.8 Å². The summed E-state index contributed by atoms with van der Waals surface area (Å²) < 4.78 is 2.51. The minimum absolute atomic E-state index is 0.258. The summed E-state index contributed by atoms with van der Waals surface area (Å²) in [4.78, 5) is 1.32. The zero-order valence-corrected chi connectivity index (χ0v) is 28.9. The number of para-hydroxylation sites is 1. The second-order valence-electron chi connectivity index (χ2n) is 13.1. The number of hydrogen-bond acceptors (Lipinski definition) is 1. The highest BCUT2D eigenvalue weighted by atomic mass is 32.2. The first-order valence-electron chi connectivity index (χ1n) is 17.3. The average molecular weight is 650 g/mol. The van der Waals surface area contributed by atoms with Crippen molar-refractivity contribution in [2.75, 3.05) is 0 Å². The van der Waals surface area contributed by atoms with Crippen LogP contribution in [0, 0.1) is 12.1 Å². The van der Waals surface area contributed by atoms with E-state index in [1.54, 1.807) is 0 Å². The van der Waals surface area contributed by atoms with Crippen LogP contribution < -0.4 is 10.4 Å². The van der Waals surface area contributed by atoms with Gasteiger partial charge in [0.15, 0.2) is 0 Å². The van der Waals surface area contributed by atoms with Gasteiger partial charge in [-0.25, -0.2) is 0 Å². The van der Waals surface area contributed by atoms with Crippen LogP contribution in [0.5, 0.6) is 0 Å². The van der Waals surface area contributed by atoms with Crippen molar-refractivity contribution >= 4 is 56.5 Å². The lowest BCUT2D eigenvalue weighted by atomic mass is 9.96. The van der Waals surface area contributed by atoms with Crippen LogP contribution >= 0.6 is 11.8 Å². The molecule has 1 aliphatic rings. The monoisotopic (exact) mass is 649 g/mol. The van der Waals surface area contributed by atoms with E-state index in [4.69, 9.17) is 0 Å². The van der Waals surface area contributed by atoms with E-state index >= 15 is 0 Å². The molecule has 0 saturated heterocycles. The van der Waals surface area contributed by atoms with E-state index < -0.39 is 0 Å². The van der Waals surface area contributed by atoms with Gasteiger partial charge >= 0.3 is 0 Å². The molecular formula is C47H39NS. The smallest absolute Gasteiger partial charge is 0.0546 e. The molecule has 238 valence electrons. The molecule has 0 saturated carbocycles. The van der Waals surface area contributed by atoms with Crippen LogP contribution in [0.25, 0.3) is 61.5 Å². The van der Waals surface area contributed by atoms with Crippen molar-refractivity contribution in [3.63, 3.8) is 0 Å². The molecule has 0 bridgehead atoms. The van der Waals surface area contributed by atoms with Crippen molar-refractivity contribution in [2.24, 2.45) is 0 Å². The zero-order valence-electron chi connectivity index (χ0n) is 28.1. The third-order valence-corrected chi connectivity index (χ3v) is 11.1. The molecule has 49 heavy (non-hydrogen) atoms. The fourth-order valence-electron chi connectivity index (χ4n) is 7.54. The SMILES string of the molecule is C=C/C=C\C(C)c1cccc(-c2c#cccc2)c1SC(C)Cc1ccc2c3ccccc3n(-c3cc4c(c5ccccc35)=CCCC=4)c2c1. The molecule has 2 unspecified atom stereocenters. The molecule has 2 atom stereocenters. The van der Waals surface area contributed by atoms with E-state index in [9.17, 15) is 0 Å². The fourth-order valence-corrected chi connectivity index (χ4v) is 8.91. The molecule has 1 heterocycles. The number of fused-ring (bicyclic) bond motifs is 6. The molecule has 0 spiro atoms. The second kappa shape index (κ2) is 13.3. The van der Waals surface area contributed by atoms with E-state index in [0.29, 0.717) is 5.25 Å². The van der Waals surface area contributed by atoms with Crippen LogP contribution in [0.3, 0.4) is 0 Å². The Kier molecular flexibility index (Phi) is 8.46. The summed E-state index contributed by atoms with van der Waals surface area (Å²) in [6.45, 7) is 8.52. The van der Waals surface area contributed by atoms with Crippen LogP contribution in [0.4, 0.5) is 0 Å². The molecule has 1 aliphatic carbocycles. The van der Waals surface area contributed by atoms with E-state index in [1.807, 2.05) is 36.0 Å². The Morgan fingerprint density at radius 3 is 2.43 bits per heavy atom. The Labute approximate surface area is 293 Å². The topological polar surface area (TPSA) is 4.93 Å². The molecule has 6 aromatic carbocycles. The normalized spacial score (nSPS) is 13.9. The molecule has 0 amide bonds. The quantitative estimate of drug-likeness (QED) is 0.111. The van der Waals surface area contributed by atoms with Gasteiger partial charge in [-0.2, -0.15) is 0 Å². The highest BCUT2D eigenvalue weighted by molar-refractivity contribution is 8.00. The number of hydrogen-bond donors (Lipinski definition) is 0. The molecule has 1 aromatic heterocycles. The molecule has 1 nitrogen and oxygen atoms in total. The lowest BCUT2D eigenvalue weighted by molar-refractivity contribution is 0.917. The minimum atomic E-state index is 0.258. The number of benzene rings is 5. The van der Waals surface area contributed by atoms with Crippen LogP contribution in [-0.2, 0) is 6.42 Å². The number of allylic oxidation sites excluding steroid dienone is 3. The predicted octanol–water partition coefficient (Wildman–Crippen LogP) is 11.1. The van der Waals surface area contributed by atoms with Crippen LogP contribution in [0.2, 0.25) is 0 Å². The zero-order chi connectivity index (χ0) is 33.3. The van der Waals surface area contributed by atoms with Crippen molar-refractivity contribution in [3.05, 3.63) is 168 Å². The van der Waals surface area contributed by atoms with Gasteiger partial charge in [0.2, 0.25) is 0 Å². The van der Waals surface area contributed by atoms with Gasteiger partial charge in [0.25, 0.3) is 0 Å². The maximum Gasteiger partial charge on any atom is 0.0546 e. The Morgan fingerprint density at radius 1 is 0.796 bits per heavy atom. The lowest BCUT2D eigenvalue weighted by Gasteiger charge is -2.20. The first-order chi connectivity index (χ1) is 24.1. The summed E-state index contributed by atoms with van der Waals surface area (Å²) in [5.41, 5.74) is 8.73. The first-order valence-corrected chi connectivity index (χ1v) is 18.2. The average Bonchev–Trinajstić information content (AvgIpc) is 3.47. The van der Waals surface area contributed by atoms with Crippen molar-refractivity contribution in [2.45, 2.75) is 49.2 Å². The maximum atomic E-state index is 3.90. The van der Waals surface area contributed by atoms with Gasteiger partial charge in [-0.3, -0.25) is 0 Å². The standard InChI is InChI=1S/C47H39NS/c1-4-5-16-32(2)37-24-15-25-39(35-17-7-6-8-18-35)47(37)49-33(3)29-34-27-28-43-42-23-13-14-26-44(42)48(45(43)30-34)46-31-36-19-9-10-20-38(36)40-21-11-12-22-41(40)46/h4-7,11-17,19-28,30-33H,1,9-10,29H2,2-3H3/b16-5-. The van der Waals surface area contributed by atoms with Crippen molar-refractivity contribution < 1.29 is 0 Å². The fraction of sp³-hybridized carbons (Fsp3) is 0.149. The molecule has 0 aliphatic heterocycles. The van der Waals surface area contributed by atoms with E-state index in [2.05, 4.69) is 152 Å². The first kappa shape index (κ1) is 31.1. The summed E-state index contributed by atoms with van der Waals surface area (Å²) in [6, 6.07) is 46.7. The van der Waals surface area contributed by atoms with E-state index in [-0.39, 0.29) is 5.92 Å². The van der Waals surface area contributed by atoms with Crippen molar-refractivity contribution in [1.29, 1.82) is 0 Å². The second-order valence-corrected chi connectivity index (χ2v) is 14.6. The molecular weight excluding hydrogens is 611 g/mol. The highest BCUT2D eigenvalue weighted by Crippen LogP contribution is 2.41. The van der Waals surface area contributed by atoms with Crippen LogP contribution in [0.15, 0.2) is 139 Å². The Morgan fingerprint density at radius 2 is 1.59 bits per heavy atom. The molecule has 0 N–H and O–H groups in total. The Hall–Kier alpha value is -5.23. The van der Waals surface area contributed by atoms with Gasteiger partial charge in [-0.05, 0) is 76.5 Å². The van der Waals surface area contributed by atoms with Gasteiger partial charge in [0, 0.05) is 43.3 Å². The van der Waals surface area contributed by atoms with Gasteiger partial charge in [-0.15, -0.1) is 11.8 Å². The molecule has 2 heteroatoms. The molecule has 7 aromatic rings. The number of nitrogens with zero attached hydrogens (tertiary/aromatic N) is 1. The minimum Gasteiger partial charge on any atom is -0.309 e. The van der Waals surface area contributed by atoms with Gasteiger partial charge in [-0.1, -0.05) is 142 Å². The number of aromatic nitrogens is 1. The summed E-state index contributed by atoms with van der Waals surface area (Å²) in [7, 11) is 0. The van der Waals surface area contributed by atoms with Crippen molar-refractivity contribution in [1.82, 2.24) is 4.57 Å². The number of thioether (sulfide) groups is 1. The van der Waals surface area contributed by atoms with Gasteiger partial charge in [0.05, 0.1) is 16.7 Å². The summed E-state index contributed by atoms with van der Waals surface area (Å²) in [6.07, 6.45) is 14.1. The Bertz CT molecular complexity index is 2500. The predicted molar refractivity (Wildman–Crippen MR) is 212 cm³/mol. The van der Waals surface area contributed by atoms with Crippen LogP contribution in [0.1, 0.15) is 43.7 Å². The number of rotatable bonds is 9. The van der Waals surface area contributed by atoms with Crippen LogP contribution in [-0.4, -0.2) is 9.82 Å². The van der Waals surface area contributed by atoms with Gasteiger partial charge in [0.1, 0.15) is 0 Å². The van der Waals surface area contributed by atoms with Gasteiger partial charge < -0.3 is 4.57 Å². The molecule has 0 fully saturated rings. The third-order valence-electron chi connectivity index (χ3n) is 9.81. The highest BCUT2D eigenvalue weighted by Gasteiger charge is 2.20. The Balaban J connectivity index is 1.23. The largest absolute Gasteiger partial charge is 0.309 e. The summed E-state index contributed by atoms with van der Waals surface area (Å²) in [5, 5.41) is 8.27. The summed E-state index contributed by atoms with van der Waals surface area (Å²) in [5.74, 6) is 0.258. The summed E-state index contributed by atoms with van der Waals surface area (Å²) >= 11 is 1.97.